The van der Waals surface area contributed by atoms with Crippen LogP contribution in [0.4, 0.5) is 0 Å². The Hall–Kier alpha value is -3.43. The van der Waals surface area contributed by atoms with Crippen LogP contribution in [0.25, 0.3) is 0 Å². The largest absolute Gasteiger partial charge is 0.508 e. The van der Waals surface area contributed by atoms with E-state index in [-0.39, 0.29) is 28.4 Å². The normalized spacial score (nSPS) is 10.0. The van der Waals surface area contributed by atoms with Gasteiger partial charge in [0.25, 0.3) is 0 Å². The Morgan fingerprint density at radius 1 is 0.647 bits per heavy atom. The zero-order valence-electron chi connectivity index (χ0n) is 19.2. The third-order valence-corrected chi connectivity index (χ3v) is 3.83. The molecule has 188 valence electrons. The van der Waals surface area contributed by atoms with Gasteiger partial charge in [-0.15, -0.1) is 0 Å². The molecule has 0 fully saturated rings. The number of methoxy groups -OCH3 is 1. The molecule has 0 saturated carbocycles. The number of phenols is 6. The molecule has 0 saturated heterocycles. The molecule has 0 bridgehead atoms. The summed E-state index contributed by atoms with van der Waals surface area (Å²) in [6.07, 6.45) is 0. The van der Waals surface area contributed by atoms with Crippen molar-refractivity contribution in [1.29, 1.82) is 0 Å². The molecule has 0 aromatic heterocycles. The van der Waals surface area contributed by atoms with Gasteiger partial charge < -0.3 is 50.1 Å². The minimum atomic E-state index is -2.62. The Balaban J connectivity index is 0.000000458. The summed E-state index contributed by atoms with van der Waals surface area (Å²) in [7, 11) is -0.997. The lowest BCUT2D eigenvalue weighted by molar-refractivity contribution is 0.367. The number of para-hydroxylation sites is 1. The molecule has 0 atom stereocenters. The molecule has 0 radical (unpaired) electrons. The van der Waals surface area contributed by atoms with Crippen molar-refractivity contribution in [3.63, 3.8) is 0 Å². The maximum atomic E-state index is 9.61. The van der Waals surface area contributed by atoms with Gasteiger partial charge in [-0.1, -0.05) is 32.9 Å². The second-order valence-corrected chi connectivity index (χ2v) is 8.10. The van der Waals surface area contributed by atoms with E-state index in [1.165, 1.54) is 36.4 Å². The van der Waals surface area contributed by atoms with Gasteiger partial charge >= 0.3 is 8.60 Å². The number of ether oxygens (including phenoxy) is 1. The lowest BCUT2D eigenvalue weighted by Gasteiger charge is -2.20. The summed E-state index contributed by atoms with van der Waals surface area (Å²) in [6, 6.07) is 15.2. The number of hydrogen-bond donors (Lipinski definition) is 9. The molecule has 0 spiro atoms. The fourth-order valence-electron chi connectivity index (χ4n) is 2.26. The minimum Gasteiger partial charge on any atom is -0.508 e. The van der Waals surface area contributed by atoms with E-state index in [0.717, 1.165) is 11.3 Å². The molecule has 0 heterocycles. The molecule has 0 aliphatic carbocycles. The predicted octanol–water partition coefficient (Wildman–Crippen LogP) is 3.79. The van der Waals surface area contributed by atoms with Crippen molar-refractivity contribution in [2.45, 2.75) is 26.2 Å². The highest BCUT2D eigenvalue weighted by molar-refractivity contribution is 7.38. The van der Waals surface area contributed by atoms with E-state index in [0.29, 0.717) is 5.75 Å². The van der Waals surface area contributed by atoms with E-state index in [2.05, 4.69) is 20.8 Å². The summed E-state index contributed by atoms with van der Waals surface area (Å²) >= 11 is 0. The summed E-state index contributed by atoms with van der Waals surface area (Å²) in [5, 5.41) is 53.0. The first kappa shape index (κ1) is 30.6. The second-order valence-electron chi connectivity index (χ2n) is 7.57. The SMILES string of the molecule is COc1ccc(O)c(C(C)(C)C)c1.OP(O)O.Oc1cccc(O)c1.Oc1cccc(O)c1O. The average Bonchev–Trinajstić information content (AvgIpc) is 2.72. The molecular weight excluding hydrogens is 467 g/mol. The van der Waals surface area contributed by atoms with Crippen molar-refractivity contribution >= 4 is 8.60 Å². The molecule has 3 rings (SSSR count). The number of benzene rings is 3. The van der Waals surface area contributed by atoms with Crippen LogP contribution in [0.1, 0.15) is 26.3 Å². The first-order valence-electron chi connectivity index (χ1n) is 9.61. The highest BCUT2D eigenvalue weighted by atomic mass is 31.2. The van der Waals surface area contributed by atoms with E-state index < -0.39 is 14.4 Å². The highest BCUT2D eigenvalue weighted by Crippen LogP contribution is 2.33. The highest BCUT2D eigenvalue weighted by Gasteiger charge is 2.18. The molecule has 9 N–H and O–H groups in total. The van der Waals surface area contributed by atoms with Crippen LogP contribution in [-0.4, -0.2) is 52.4 Å². The summed E-state index contributed by atoms with van der Waals surface area (Å²) in [4.78, 5) is 21.7. The molecule has 0 aliphatic heterocycles. The van der Waals surface area contributed by atoms with E-state index in [9.17, 15) is 5.11 Å². The van der Waals surface area contributed by atoms with Crippen molar-refractivity contribution in [2.75, 3.05) is 7.11 Å². The van der Waals surface area contributed by atoms with Crippen LogP contribution in [0.5, 0.6) is 40.2 Å². The van der Waals surface area contributed by atoms with Crippen molar-refractivity contribution < 1.29 is 50.1 Å². The maximum Gasteiger partial charge on any atom is 0.324 e. The van der Waals surface area contributed by atoms with E-state index in [1.54, 1.807) is 25.3 Å². The van der Waals surface area contributed by atoms with Crippen LogP contribution in [0, 0.1) is 0 Å². The third-order valence-electron chi connectivity index (χ3n) is 3.83. The molecule has 10 nitrogen and oxygen atoms in total. The first-order chi connectivity index (χ1) is 15.7. The van der Waals surface area contributed by atoms with Gasteiger partial charge in [0.1, 0.15) is 23.0 Å². The maximum absolute atomic E-state index is 9.61. The topological polar surface area (TPSA) is 191 Å². The van der Waals surface area contributed by atoms with Gasteiger partial charge in [0.2, 0.25) is 0 Å². The monoisotopic (exact) mass is 498 g/mol. The second kappa shape index (κ2) is 14.7. The molecule has 3 aromatic rings. The van der Waals surface area contributed by atoms with Crippen LogP contribution in [-0.2, 0) is 5.41 Å². The number of rotatable bonds is 1. The predicted molar refractivity (Wildman–Crippen MR) is 128 cm³/mol. The van der Waals surface area contributed by atoms with Crippen molar-refractivity contribution in [2.24, 2.45) is 0 Å². The minimum absolute atomic E-state index is 0.0569. The van der Waals surface area contributed by atoms with E-state index in [1.807, 2.05) is 6.07 Å². The van der Waals surface area contributed by atoms with Crippen LogP contribution in [0.3, 0.4) is 0 Å². The first-order valence-corrected chi connectivity index (χ1v) is 10.8. The van der Waals surface area contributed by atoms with Crippen molar-refractivity contribution in [3.05, 3.63) is 66.2 Å². The van der Waals surface area contributed by atoms with Crippen LogP contribution < -0.4 is 4.74 Å². The van der Waals surface area contributed by atoms with Gasteiger partial charge in [-0.2, -0.15) is 0 Å². The third kappa shape index (κ3) is 12.6. The quantitative estimate of drug-likeness (QED) is 0.176. The van der Waals surface area contributed by atoms with Gasteiger partial charge in [0.05, 0.1) is 7.11 Å². The zero-order chi connectivity index (χ0) is 26.5. The molecular formula is C23H31O10P. The molecule has 0 amide bonds. The number of phenolic OH excluding ortho intramolecular Hbond substituents is 6. The zero-order valence-corrected chi connectivity index (χ0v) is 20.0. The Morgan fingerprint density at radius 3 is 1.41 bits per heavy atom. The van der Waals surface area contributed by atoms with Gasteiger partial charge in [0, 0.05) is 11.6 Å². The summed E-state index contributed by atoms with van der Waals surface area (Å²) in [5.41, 5.74) is 0.852. The van der Waals surface area contributed by atoms with Crippen LogP contribution in [0.2, 0.25) is 0 Å². The Morgan fingerprint density at radius 2 is 1.09 bits per heavy atom. The Bertz CT molecular complexity index is 963. The number of hydrogen-bond acceptors (Lipinski definition) is 10. The number of aromatic hydroxyl groups is 6. The van der Waals surface area contributed by atoms with E-state index >= 15 is 0 Å². The Labute approximate surface area is 198 Å². The van der Waals surface area contributed by atoms with Crippen LogP contribution in [0.15, 0.2) is 60.7 Å². The molecule has 11 heteroatoms. The van der Waals surface area contributed by atoms with Crippen molar-refractivity contribution in [1.82, 2.24) is 0 Å². The summed E-state index contributed by atoms with van der Waals surface area (Å²) in [5.74, 6) is 0.188. The summed E-state index contributed by atoms with van der Waals surface area (Å²) in [6.45, 7) is 6.17. The fourth-order valence-corrected chi connectivity index (χ4v) is 2.26. The average molecular weight is 498 g/mol. The lowest BCUT2D eigenvalue weighted by atomic mass is 9.86. The Kier molecular flexibility index (Phi) is 13.2. The van der Waals surface area contributed by atoms with Gasteiger partial charge in [-0.25, -0.2) is 0 Å². The molecule has 0 unspecified atom stereocenters. The summed E-state index contributed by atoms with van der Waals surface area (Å²) < 4.78 is 5.09. The standard InChI is InChI=1S/C11H16O2.C6H6O3.C6H6O2.H3O3P/c1-11(2,3)9-7-8(13-4)5-6-10(9)12;7-4-2-1-3-5(8)6(4)9;7-5-2-1-3-6(8)4-5;1-4(2)3/h5-7,12H,1-4H3;1-3,7-9H;1-4,7-8H;1-3H. The lowest BCUT2D eigenvalue weighted by Crippen LogP contribution is -2.11. The molecule has 0 aliphatic rings. The van der Waals surface area contributed by atoms with E-state index in [4.69, 9.17) is 44.9 Å². The van der Waals surface area contributed by atoms with Crippen LogP contribution >= 0.6 is 8.60 Å². The van der Waals surface area contributed by atoms with Gasteiger partial charge in [-0.3, -0.25) is 0 Å². The smallest absolute Gasteiger partial charge is 0.324 e. The van der Waals surface area contributed by atoms with Gasteiger partial charge in [0.15, 0.2) is 17.2 Å². The van der Waals surface area contributed by atoms with Crippen molar-refractivity contribution in [3.8, 4) is 40.2 Å². The fraction of sp³-hybridized carbons (Fsp3) is 0.217. The van der Waals surface area contributed by atoms with Gasteiger partial charge in [-0.05, 0) is 47.9 Å². The molecule has 34 heavy (non-hydrogen) atoms. The molecule has 3 aromatic carbocycles.